The van der Waals surface area contributed by atoms with Gasteiger partial charge in [0, 0.05) is 40.1 Å². The fourth-order valence-electron chi connectivity index (χ4n) is 3.83. The fourth-order valence-corrected chi connectivity index (χ4v) is 5.08. The predicted octanol–water partition coefficient (Wildman–Crippen LogP) is 5.15. The second-order valence-corrected chi connectivity index (χ2v) is 9.03. The molecule has 1 aromatic carbocycles. The number of halogens is 1. The highest BCUT2D eigenvalue weighted by Gasteiger charge is 2.20. The van der Waals surface area contributed by atoms with Gasteiger partial charge < -0.3 is 9.13 Å². The van der Waals surface area contributed by atoms with Gasteiger partial charge in [0.25, 0.3) is 0 Å². The molecule has 3 heterocycles. The fraction of sp³-hybridized carbons (Fsp3) is 0.381. The Hall–Kier alpha value is -1.86. The molecule has 0 saturated heterocycles. The number of aryl methyl sites for hydroxylation is 2. The van der Waals surface area contributed by atoms with E-state index in [1.54, 1.807) is 0 Å². The molecule has 1 aliphatic heterocycles. The standard InChI is InChI=1S/C21H23BrN4OS/c1-14-11-18(15(2)26(14)17-8-6-7-16(22)12-17)19(27)13-28-21-24-23-20-9-4-3-5-10-25(20)21/h6-8,11-12H,3-5,9-10,13H2,1-2H3. The molecule has 0 unspecified atom stereocenters. The van der Waals surface area contributed by atoms with E-state index in [2.05, 4.69) is 47.4 Å². The Balaban J connectivity index is 1.53. The van der Waals surface area contributed by atoms with Crippen molar-refractivity contribution in [1.29, 1.82) is 0 Å². The third-order valence-corrected chi connectivity index (χ3v) is 6.67. The Morgan fingerprint density at radius 3 is 2.86 bits per heavy atom. The zero-order valence-corrected chi connectivity index (χ0v) is 18.5. The first kappa shape index (κ1) is 19.5. The minimum Gasteiger partial charge on any atom is -0.318 e. The zero-order chi connectivity index (χ0) is 19.7. The van der Waals surface area contributed by atoms with Crippen LogP contribution in [0, 0.1) is 13.8 Å². The van der Waals surface area contributed by atoms with Crippen LogP contribution < -0.4 is 0 Å². The number of ketones is 1. The zero-order valence-electron chi connectivity index (χ0n) is 16.1. The third kappa shape index (κ3) is 3.82. The summed E-state index contributed by atoms with van der Waals surface area (Å²) in [6.45, 7) is 5.00. The van der Waals surface area contributed by atoms with E-state index in [1.807, 2.05) is 32.0 Å². The Kier molecular flexibility index (Phi) is 5.73. The van der Waals surface area contributed by atoms with E-state index in [0.717, 1.165) is 57.5 Å². The van der Waals surface area contributed by atoms with Crippen LogP contribution in [0.1, 0.15) is 46.8 Å². The molecule has 0 fully saturated rings. The van der Waals surface area contributed by atoms with Gasteiger partial charge in [0.05, 0.1) is 5.75 Å². The lowest BCUT2D eigenvalue weighted by Gasteiger charge is -2.10. The van der Waals surface area contributed by atoms with Crippen LogP contribution in [-0.2, 0) is 13.0 Å². The first-order valence-corrected chi connectivity index (χ1v) is 11.4. The quantitative estimate of drug-likeness (QED) is 0.391. The van der Waals surface area contributed by atoms with E-state index in [1.165, 1.54) is 24.6 Å². The summed E-state index contributed by atoms with van der Waals surface area (Å²) in [6.07, 6.45) is 4.53. The average molecular weight is 459 g/mol. The molecule has 3 aromatic rings. The highest BCUT2D eigenvalue weighted by atomic mass is 79.9. The minimum absolute atomic E-state index is 0.130. The molecule has 0 amide bonds. The van der Waals surface area contributed by atoms with Crippen molar-refractivity contribution in [3.8, 4) is 5.69 Å². The van der Waals surface area contributed by atoms with Gasteiger partial charge in [-0.3, -0.25) is 4.79 Å². The van der Waals surface area contributed by atoms with Gasteiger partial charge >= 0.3 is 0 Å². The lowest BCUT2D eigenvalue weighted by atomic mass is 10.2. The van der Waals surface area contributed by atoms with E-state index in [-0.39, 0.29) is 5.78 Å². The lowest BCUT2D eigenvalue weighted by Crippen LogP contribution is -2.07. The van der Waals surface area contributed by atoms with Gasteiger partial charge in [-0.1, -0.05) is 40.2 Å². The predicted molar refractivity (Wildman–Crippen MR) is 116 cm³/mol. The second kappa shape index (κ2) is 8.25. The Labute approximate surface area is 177 Å². The van der Waals surface area contributed by atoms with Gasteiger partial charge in [0.1, 0.15) is 5.82 Å². The van der Waals surface area contributed by atoms with Crippen LogP contribution >= 0.6 is 27.7 Å². The average Bonchev–Trinajstić information content (AvgIpc) is 3.09. The molecule has 0 bridgehead atoms. The van der Waals surface area contributed by atoms with Gasteiger partial charge in [0.15, 0.2) is 10.9 Å². The maximum absolute atomic E-state index is 13.0. The van der Waals surface area contributed by atoms with Gasteiger partial charge in [-0.05, 0) is 51.0 Å². The molecule has 5 nitrogen and oxygen atoms in total. The highest BCUT2D eigenvalue weighted by molar-refractivity contribution is 9.10. The van der Waals surface area contributed by atoms with Crippen LogP contribution in [0.4, 0.5) is 0 Å². The number of hydrogen-bond acceptors (Lipinski definition) is 4. The van der Waals surface area contributed by atoms with Crippen molar-refractivity contribution in [3.05, 3.63) is 57.6 Å². The summed E-state index contributed by atoms with van der Waals surface area (Å²) in [7, 11) is 0. The number of carbonyl (C=O) groups excluding carboxylic acids is 1. The number of Topliss-reactive ketones (excluding diaryl/α,β-unsaturated/α-hetero) is 1. The highest BCUT2D eigenvalue weighted by Crippen LogP contribution is 2.26. The molecule has 0 atom stereocenters. The van der Waals surface area contributed by atoms with Gasteiger partial charge in [-0.25, -0.2) is 0 Å². The Bertz CT molecular complexity index is 1020. The molecule has 0 saturated carbocycles. The normalized spacial score (nSPS) is 14.0. The van der Waals surface area contributed by atoms with Crippen molar-refractivity contribution < 1.29 is 4.79 Å². The van der Waals surface area contributed by atoms with E-state index >= 15 is 0 Å². The molecular formula is C21H23BrN4OS. The maximum Gasteiger partial charge on any atom is 0.191 e. The lowest BCUT2D eigenvalue weighted by molar-refractivity contribution is 0.102. The topological polar surface area (TPSA) is 52.7 Å². The van der Waals surface area contributed by atoms with Crippen molar-refractivity contribution in [3.63, 3.8) is 0 Å². The van der Waals surface area contributed by atoms with Crippen molar-refractivity contribution >= 4 is 33.5 Å². The molecule has 7 heteroatoms. The number of hydrogen-bond donors (Lipinski definition) is 0. The van der Waals surface area contributed by atoms with E-state index in [4.69, 9.17) is 0 Å². The molecule has 4 rings (SSSR count). The third-order valence-electron chi connectivity index (χ3n) is 5.21. The largest absolute Gasteiger partial charge is 0.318 e. The number of thioether (sulfide) groups is 1. The molecule has 0 N–H and O–H groups in total. The van der Waals surface area contributed by atoms with Crippen molar-refractivity contribution in [2.45, 2.75) is 51.2 Å². The van der Waals surface area contributed by atoms with Crippen molar-refractivity contribution in [1.82, 2.24) is 19.3 Å². The molecule has 2 aromatic heterocycles. The van der Waals surface area contributed by atoms with Crippen LogP contribution in [-0.4, -0.2) is 30.9 Å². The first-order chi connectivity index (χ1) is 13.5. The van der Waals surface area contributed by atoms with Crippen LogP contribution in [0.15, 0.2) is 40.0 Å². The molecule has 146 valence electrons. The van der Waals surface area contributed by atoms with E-state index < -0.39 is 0 Å². The van der Waals surface area contributed by atoms with E-state index in [9.17, 15) is 4.79 Å². The number of benzene rings is 1. The van der Waals surface area contributed by atoms with E-state index in [0.29, 0.717) is 5.75 Å². The monoisotopic (exact) mass is 458 g/mol. The summed E-state index contributed by atoms with van der Waals surface area (Å²) in [5.41, 5.74) is 3.86. The van der Waals surface area contributed by atoms with Crippen LogP contribution in [0.2, 0.25) is 0 Å². The molecule has 28 heavy (non-hydrogen) atoms. The number of nitrogens with zero attached hydrogens (tertiary/aromatic N) is 4. The summed E-state index contributed by atoms with van der Waals surface area (Å²) >= 11 is 5.03. The molecule has 0 spiro atoms. The molecule has 0 aliphatic carbocycles. The number of carbonyl (C=O) groups is 1. The number of rotatable bonds is 5. The smallest absolute Gasteiger partial charge is 0.191 e. The number of aromatic nitrogens is 4. The van der Waals surface area contributed by atoms with Crippen molar-refractivity contribution in [2.24, 2.45) is 0 Å². The summed E-state index contributed by atoms with van der Waals surface area (Å²) in [4.78, 5) is 13.0. The minimum atomic E-state index is 0.130. The summed E-state index contributed by atoms with van der Waals surface area (Å²) < 4.78 is 5.34. The Morgan fingerprint density at radius 1 is 1.18 bits per heavy atom. The van der Waals surface area contributed by atoms with Crippen LogP contribution in [0.5, 0.6) is 0 Å². The summed E-state index contributed by atoms with van der Waals surface area (Å²) in [5.74, 6) is 1.56. The number of fused-ring (bicyclic) bond motifs is 1. The summed E-state index contributed by atoms with van der Waals surface area (Å²) in [5, 5.41) is 9.51. The maximum atomic E-state index is 13.0. The Morgan fingerprint density at radius 2 is 2.04 bits per heavy atom. The van der Waals surface area contributed by atoms with Crippen molar-refractivity contribution in [2.75, 3.05) is 5.75 Å². The van der Waals surface area contributed by atoms with Gasteiger partial charge in [-0.15, -0.1) is 10.2 Å². The summed E-state index contributed by atoms with van der Waals surface area (Å²) in [6, 6.07) is 10.1. The molecule has 0 radical (unpaired) electrons. The van der Waals surface area contributed by atoms with Gasteiger partial charge in [0.2, 0.25) is 0 Å². The van der Waals surface area contributed by atoms with Gasteiger partial charge in [-0.2, -0.15) is 0 Å². The molecular weight excluding hydrogens is 436 g/mol. The van der Waals surface area contributed by atoms with Crippen LogP contribution in [0.25, 0.3) is 5.69 Å². The molecule has 1 aliphatic rings. The SMILES string of the molecule is Cc1cc(C(=O)CSc2nnc3n2CCCCC3)c(C)n1-c1cccc(Br)c1. The van der Waals surface area contributed by atoms with Crippen LogP contribution in [0.3, 0.4) is 0 Å². The second-order valence-electron chi connectivity index (χ2n) is 7.17. The first-order valence-electron chi connectivity index (χ1n) is 9.57.